The molecular weight excluding hydrogens is 235 g/mol. The van der Waals surface area contributed by atoms with E-state index < -0.39 is 0 Å². The lowest BCUT2D eigenvalue weighted by Gasteiger charge is -2.23. The van der Waals surface area contributed by atoms with Crippen molar-refractivity contribution in [1.29, 1.82) is 0 Å². The van der Waals surface area contributed by atoms with Gasteiger partial charge in [-0.05, 0) is 31.0 Å². The van der Waals surface area contributed by atoms with Crippen LogP contribution in [0.1, 0.15) is 19.3 Å². The molecule has 0 saturated heterocycles. The predicted octanol–water partition coefficient (Wildman–Crippen LogP) is 3.70. The van der Waals surface area contributed by atoms with E-state index in [9.17, 15) is 4.79 Å². The number of carbonyl (C=O) groups excluding carboxylic acids is 1. The number of halogens is 2. The maximum absolute atomic E-state index is 11.5. The van der Waals surface area contributed by atoms with Gasteiger partial charge in [0.05, 0.1) is 10.9 Å². The summed E-state index contributed by atoms with van der Waals surface area (Å²) >= 11 is 11.6. The Balaban J connectivity index is 2.06. The van der Waals surface area contributed by atoms with E-state index >= 15 is 0 Å². The van der Waals surface area contributed by atoms with Gasteiger partial charge in [-0.1, -0.05) is 29.6 Å². The summed E-state index contributed by atoms with van der Waals surface area (Å²) in [6, 6.07) is 4.82. The summed E-state index contributed by atoms with van der Waals surface area (Å²) in [5.74, 6) is 0.250. The Labute approximate surface area is 98.1 Å². The third-order valence-corrected chi connectivity index (χ3v) is 3.07. The summed E-state index contributed by atoms with van der Waals surface area (Å²) in [4.78, 5) is 11.5. The average molecular weight is 245 g/mol. The molecule has 1 saturated carbocycles. The van der Waals surface area contributed by atoms with Crippen molar-refractivity contribution < 1.29 is 9.53 Å². The molecule has 2 nitrogen and oxygen atoms in total. The molecule has 1 fully saturated rings. The van der Waals surface area contributed by atoms with E-state index in [2.05, 4.69) is 0 Å². The Morgan fingerprint density at radius 1 is 1.33 bits per heavy atom. The molecule has 1 aliphatic rings. The fourth-order valence-electron chi connectivity index (χ4n) is 1.39. The highest BCUT2D eigenvalue weighted by Gasteiger charge is 2.27. The quantitative estimate of drug-likeness (QED) is 0.586. The normalized spacial score (nSPS) is 15.9. The van der Waals surface area contributed by atoms with Crippen LogP contribution in [0.4, 0.5) is 0 Å². The van der Waals surface area contributed by atoms with E-state index in [4.69, 9.17) is 27.9 Å². The summed E-state index contributed by atoms with van der Waals surface area (Å²) in [6.07, 6.45) is 2.95. The zero-order valence-corrected chi connectivity index (χ0v) is 9.52. The number of carbonyl (C=O) groups is 1. The summed E-state index contributed by atoms with van der Waals surface area (Å²) in [5.41, 5.74) is 0. The highest BCUT2D eigenvalue weighted by Crippen LogP contribution is 2.31. The van der Waals surface area contributed by atoms with E-state index in [1.165, 1.54) is 0 Å². The van der Waals surface area contributed by atoms with Crippen LogP contribution >= 0.6 is 23.2 Å². The molecule has 0 aromatic heterocycles. The van der Waals surface area contributed by atoms with Crippen LogP contribution in [-0.4, -0.2) is 5.97 Å². The van der Waals surface area contributed by atoms with E-state index in [-0.39, 0.29) is 11.9 Å². The van der Waals surface area contributed by atoms with E-state index in [0.717, 1.165) is 19.3 Å². The third-order valence-electron chi connectivity index (χ3n) is 2.54. The summed E-state index contributed by atoms with van der Waals surface area (Å²) in [5, 5.41) is 0.901. The van der Waals surface area contributed by atoms with Crippen LogP contribution in [-0.2, 0) is 4.79 Å². The Morgan fingerprint density at radius 3 is 2.60 bits per heavy atom. The van der Waals surface area contributed by atoms with Crippen LogP contribution in [0.5, 0.6) is 5.75 Å². The van der Waals surface area contributed by atoms with Gasteiger partial charge < -0.3 is 4.74 Å². The minimum Gasteiger partial charge on any atom is -0.425 e. The molecule has 0 N–H and O–H groups in total. The fourth-order valence-corrected chi connectivity index (χ4v) is 1.84. The topological polar surface area (TPSA) is 26.3 Å². The van der Waals surface area contributed by atoms with Crippen molar-refractivity contribution in [2.75, 3.05) is 0 Å². The predicted molar refractivity (Wildman–Crippen MR) is 59.4 cm³/mol. The molecule has 80 valence electrons. The molecule has 1 aromatic rings. The highest BCUT2D eigenvalue weighted by atomic mass is 35.5. The lowest BCUT2D eigenvalue weighted by molar-refractivity contribution is -0.141. The van der Waals surface area contributed by atoms with Gasteiger partial charge in [-0.15, -0.1) is 0 Å². The molecule has 0 atom stereocenters. The molecule has 4 heteroatoms. The van der Waals surface area contributed by atoms with Crippen molar-refractivity contribution in [2.24, 2.45) is 5.92 Å². The van der Waals surface area contributed by atoms with Crippen LogP contribution < -0.4 is 4.74 Å². The zero-order chi connectivity index (χ0) is 10.8. The van der Waals surface area contributed by atoms with Crippen molar-refractivity contribution in [1.82, 2.24) is 0 Å². The second-order valence-corrected chi connectivity index (χ2v) is 4.47. The van der Waals surface area contributed by atoms with Gasteiger partial charge in [0.25, 0.3) is 0 Å². The molecule has 2 rings (SSSR count). The number of rotatable bonds is 2. The molecule has 0 amide bonds. The minimum absolute atomic E-state index is 0.0525. The van der Waals surface area contributed by atoms with Gasteiger partial charge in [0.1, 0.15) is 5.75 Å². The van der Waals surface area contributed by atoms with Gasteiger partial charge in [0, 0.05) is 5.02 Å². The number of hydrogen-bond acceptors (Lipinski definition) is 2. The first kappa shape index (κ1) is 10.8. The summed E-state index contributed by atoms with van der Waals surface area (Å²) in [7, 11) is 0. The van der Waals surface area contributed by atoms with E-state index in [1.54, 1.807) is 18.2 Å². The molecule has 1 aliphatic carbocycles. The molecule has 0 radical (unpaired) electrons. The summed E-state index contributed by atoms with van der Waals surface area (Å²) in [6.45, 7) is 0. The second kappa shape index (κ2) is 4.42. The lowest BCUT2D eigenvalue weighted by atomic mass is 9.86. The zero-order valence-electron chi connectivity index (χ0n) is 8.00. The smallest absolute Gasteiger partial charge is 0.314 e. The SMILES string of the molecule is O=C(Oc1ccc(Cl)cc1Cl)C1CCC1. The molecule has 15 heavy (non-hydrogen) atoms. The first-order valence-electron chi connectivity index (χ1n) is 4.83. The van der Waals surface area contributed by atoms with Gasteiger partial charge in [-0.2, -0.15) is 0 Å². The molecule has 1 aromatic carbocycles. The number of ether oxygens (including phenoxy) is 1. The fraction of sp³-hybridized carbons (Fsp3) is 0.364. The number of benzene rings is 1. The van der Waals surface area contributed by atoms with Crippen LogP contribution in [0.25, 0.3) is 0 Å². The Bertz CT molecular complexity index is 386. The van der Waals surface area contributed by atoms with Crippen molar-refractivity contribution in [3.8, 4) is 5.75 Å². The van der Waals surface area contributed by atoms with Crippen LogP contribution in [0, 0.1) is 5.92 Å². The van der Waals surface area contributed by atoms with Crippen molar-refractivity contribution in [3.63, 3.8) is 0 Å². The Kier molecular flexibility index (Phi) is 3.17. The van der Waals surface area contributed by atoms with Crippen molar-refractivity contribution >= 4 is 29.2 Å². The maximum Gasteiger partial charge on any atom is 0.314 e. The molecule has 0 heterocycles. The first-order chi connectivity index (χ1) is 7.16. The number of hydrogen-bond donors (Lipinski definition) is 0. The molecule has 0 bridgehead atoms. The average Bonchev–Trinajstić information content (AvgIpc) is 2.07. The second-order valence-electron chi connectivity index (χ2n) is 3.62. The van der Waals surface area contributed by atoms with Crippen LogP contribution in [0.15, 0.2) is 18.2 Å². The van der Waals surface area contributed by atoms with Gasteiger partial charge >= 0.3 is 5.97 Å². The largest absolute Gasteiger partial charge is 0.425 e. The Hall–Kier alpha value is -0.730. The third kappa shape index (κ3) is 2.44. The van der Waals surface area contributed by atoms with E-state index in [1.807, 2.05) is 0 Å². The van der Waals surface area contributed by atoms with E-state index in [0.29, 0.717) is 15.8 Å². The molecular formula is C11H10Cl2O2. The molecule has 0 spiro atoms. The van der Waals surface area contributed by atoms with Crippen molar-refractivity contribution in [2.45, 2.75) is 19.3 Å². The number of esters is 1. The van der Waals surface area contributed by atoms with Gasteiger partial charge in [0.15, 0.2) is 0 Å². The van der Waals surface area contributed by atoms with Gasteiger partial charge in [-0.3, -0.25) is 4.79 Å². The van der Waals surface area contributed by atoms with Crippen LogP contribution in [0.2, 0.25) is 10.0 Å². The lowest BCUT2D eigenvalue weighted by Crippen LogP contribution is -2.26. The monoisotopic (exact) mass is 244 g/mol. The maximum atomic E-state index is 11.5. The highest BCUT2D eigenvalue weighted by molar-refractivity contribution is 6.35. The van der Waals surface area contributed by atoms with Crippen molar-refractivity contribution in [3.05, 3.63) is 28.2 Å². The first-order valence-corrected chi connectivity index (χ1v) is 5.59. The summed E-state index contributed by atoms with van der Waals surface area (Å²) < 4.78 is 5.17. The van der Waals surface area contributed by atoms with Gasteiger partial charge in [-0.25, -0.2) is 0 Å². The standard InChI is InChI=1S/C11H10Cl2O2/c12-8-4-5-10(9(13)6-8)15-11(14)7-2-1-3-7/h4-7H,1-3H2. The molecule has 0 aliphatic heterocycles. The van der Waals surface area contributed by atoms with Gasteiger partial charge in [0.2, 0.25) is 0 Å². The molecule has 0 unspecified atom stereocenters. The van der Waals surface area contributed by atoms with Crippen LogP contribution in [0.3, 0.4) is 0 Å². The Morgan fingerprint density at radius 2 is 2.07 bits per heavy atom. The minimum atomic E-state index is -0.189.